The van der Waals surface area contributed by atoms with Gasteiger partial charge in [-0.25, -0.2) is 0 Å². The molecule has 0 saturated heterocycles. The minimum absolute atomic E-state index is 0.0546. The molecule has 0 aromatic carbocycles. The van der Waals surface area contributed by atoms with Crippen LogP contribution >= 0.6 is 0 Å². The molecule has 1 aliphatic rings. The fraction of sp³-hybridized carbons (Fsp3) is 0.714. The van der Waals surface area contributed by atoms with Gasteiger partial charge in [0.25, 0.3) is 0 Å². The predicted molar refractivity (Wildman–Crippen MR) is 66.6 cm³/mol. The quantitative estimate of drug-likeness (QED) is 0.548. The molecule has 1 fully saturated rings. The zero-order chi connectivity index (χ0) is 13.1. The van der Waals surface area contributed by atoms with E-state index in [0.717, 1.165) is 24.8 Å². The Morgan fingerprint density at radius 2 is 2.00 bits per heavy atom. The fourth-order valence-corrected chi connectivity index (χ4v) is 1.90. The van der Waals surface area contributed by atoms with Crippen LogP contribution in [0.5, 0.6) is 0 Å². The van der Waals surface area contributed by atoms with Crippen molar-refractivity contribution in [1.29, 1.82) is 0 Å². The number of hydrogen-bond donors (Lipinski definition) is 0. The molecule has 0 aliphatic heterocycles. The molecule has 1 aliphatic carbocycles. The molecular formula is C14H22O3. The Bertz CT molecular complexity index is 334. The summed E-state index contributed by atoms with van der Waals surface area (Å²) >= 11 is 0. The number of ketones is 1. The topological polar surface area (TPSA) is 43.4 Å². The zero-order valence-electron chi connectivity index (χ0n) is 11.2. The molecule has 0 radical (unpaired) electrons. The highest BCUT2D eigenvalue weighted by molar-refractivity contribution is 5.88. The molecule has 0 bridgehead atoms. The summed E-state index contributed by atoms with van der Waals surface area (Å²) in [5.41, 5.74) is 0.650. The normalized spacial score (nSPS) is 23.5. The maximum Gasteiger partial charge on any atom is 0.311 e. The third kappa shape index (κ3) is 4.72. The van der Waals surface area contributed by atoms with Gasteiger partial charge in [0.05, 0.1) is 5.41 Å². The Hall–Kier alpha value is -1.12. The number of rotatable bonds is 2. The van der Waals surface area contributed by atoms with E-state index < -0.39 is 5.41 Å². The van der Waals surface area contributed by atoms with Crippen molar-refractivity contribution in [2.75, 3.05) is 0 Å². The van der Waals surface area contributed by atoms with Crippen LogP contribution in [0, 0.1) is 5.41 Å². The van der Waals surface area contributed by atoms with E-state index in [1.807, 2.05) is 20.8 Å². The summed E-state index contributed by atoms with van der Waals surface area (Å²) < 4.78 is 5.48. The molecule has 17 heavy (non-hydrogen) atoms. The number of carbonyl (C=O) groups excluding carboxylic acids is 2. The highest BCUT2D eigenvalue weighted by Crippen LogP contribution is 2.27. The van der Waals surface area contributed by atoms with Gasteiger partial charge in [-0.15, -0.1) is 0 Å². The van der Waals surface area contributed by atoms with Crippen LogP contribution in [0.1, 0.15) is 53.4 Å². The minimum Gasteiger partial charge on any atom is -0.462 e. The lowest BCUT2D eigenvalue weighted by Crippen LogP contribution is -2.29. The lowest BCUT2D eigenvalue weighted by atomic mass is 9.91. The van der Waals surface area contributed by atoms with Crippen LogP contribution in [0.2, 0.25) is 0 Å². The summed E-state index contributed by atoms with van der Waals surface area (Å²) in [5.74, 6) is -0.0885. The summed E-state index contributed by atoms with van der Waals surface area (Å²) in [5, 5.41) is 0. The SMILES string of the molecule is CC(=O)/C=C1/CCC[C@H](OC(=O)C(C)(C)C)C1. The fourth-order valence-electron chi connectivity index (χ4n) is 1.90. The van der Waals surface area contributed by atoms with Crippen LogP contribution in [0.25, 0.3) is 0 Å². The van der Waals surface area contributed by atoms with E-state index in [1.54, 1.807) is 13.0 Å². The van der Waals surface area contributed by atoms with E-state index in [0.29, 0.717) is 6.42 Å². The van der Waals surface area contributed by atoms with E-state index in [2.05, 4.69) is 0 Å². The van der Waals surface area contributed by atoms with Crippen molar-refractivity contribution in [3.63, 3.8) is 0 Å². The molecule has 96 valence electrons. The molecule has 0 aromatic heterocycles. The lowest BCUT2D eigenvalue weighted by Gasteiger charge is -2.27. The van der Waals surface area contributed by atoms with Crippen LogP contribution in [-0.4, -0.2) is 17.9 Å². The standard InChI is InChI=1S/C14H22O3/c1-10(15)8-11-6-5-7-12(9-11)17-13(16)14(2,3)4/h8,12H,5-7,9H2,1-4H3/b11-8-/t12-/m0/s1. The van der Waals surface area contributed by atoms with E-state index >= 15 is 0 Å². The number of allylic oxidation sites excluding steroid dienone is 1. The summed E-state index contributed by atoms with van der Waals surface area (Å²) in [4.78, 5) is 22.8. The van der Waals surface area contributed by atoms with Crippen molar-refractivity contribution in [1.82, 2.24) is 0 Å². The first-order valence-electron chi connectivity index (χ1n) is 6.20. The van der Waals surface area contributed by atoms with Crippen molar-refractivity contribution in [2.45, 2.75) is 59.5 Å². The first-order chi connectivity index (χ1) is 7.79. The highest BCUT2D eigenvalue weighted by atomic mass is 16.5. The maximum absolute atomic E-state index is 11.8. The Balaban J connectivity index is 2.56. The summed E-state index contributed by atoms with van der Waals surface area (Å²) in [6.07, 6.45) is 5.17. The molecule has 0 spiro atoms. The van der Waals surface area contributed by atoms with Gasteiger partial charge in [0.2, 0.25) is 0 Å². The maximum atomic E-state index is 11.8. The molecule has 0 amide bonds. The number of ether oxygens (including phenoxy) is 1. The Morgan fingerprint density at radius 3 is 2.53 bits per heavy atom. The second kappa shape index (κ2) is 5.48. The first kappa shape index (κ1) is 13.9. The number of hydrogen-bond acceptors (Lipinski definition) is 3. The second-order valence-corrected chi connectivity index (χ2v) is 5.79. The van der Waals surface area contributed by atoms with Gasteiger partial charge in [0.1, 0.15) is 6.10 Å². The monoisotopic (exact) mass is 238 g/mol. The molecule has 0 unspecified atom stereocenters. The van der Waals surface area contributed by atoms with Gasteiger partial charge >= 0.3 is 5.97 Å². The van der Waals surface area contributed by atoms with Crippen molar-refractivity contribution in [3.05, 3.63) is 11.6 Å². The average Bonchev–Trinajstić information content (AvgIpc) is 2.15. The first-order valence-corrected chi connectivity index (χ1v) is 6.20. The third-order valence-corrected chi connectivity index (χ3v) is 2.81. The van der Waals surface area contributed by atoms with E-state index in [9.17, 15) is 9.59 Å². The van der Waals surface area contributed by atoms with Gasteiger partial charge in [-0.05, 0) is 53.0 Å². The average molecular weight is 238 g/mol. The van der Waals surface area contributed by atoms with E-state index in [4.69, 9.17) is 4.74 Å². The Kier molecular flexibility index (Phi) is 4.49. The van der Waals surface area contributed by atoms with E-state index in [1.165, 1.54) is 0 Å². The van der Waals surface area contributed by atoms with Crippen LogP contribution in [0.3, 0.4) is 0 Å². The molecule has 1 atom stereocenters. The van der Waals surface area contributed by atoms with Gasteiger partial charge in [-0.2, -0.15) is 0 Å². The van der Waals surface area contributed by atoms with Crippen molar-refractivity contribution in [3.8, 4) is 0 Å². The van der Waals surface area contributed by atoms with Crippen molar-refractivity contribution >= 4 is 11.8 Å². The van der Waals surface area contributed by atoms with Crippen molar-refractivity contribution < 1.29 is 14.3 Å². The van der Waals surface area contributed by atoms with Crippen LogP contribution in [-0.2, 0) is 14.3 Å². The van der Waals surface area contributed by atoms with Crippen molar-refractivity contribution in [2.24, 2.45) is 5.41 Å². The summed E-state index contributed by atoms with van der Waals surface area (Å²) in [6, 6.07) is 0. The molecule has 0 N–H and O–H groups in total. The second-order valence-electron chi connectivity index (χ2n) is 5.79. The molecule has 3 heteroatoms. The molecule has 0 aromatic rings. The van der Waals surface area contributed by atoms with Crippen LogP contribution < -0.4 is 0 Å². The third-order valence-electron chi connectivity index (χ3n) is 2.81. The van der Waals surface area contributed by atoms with Crippen LogP contribution in [0.4, 0.5) is 0 Å². The molecule has 3 nitrogen and oxygen atoms in total. The van der Waals surface area contributed by atoms with Gasteiger partial charge in [0, 0.05) is 6.42 Å². The Labute approximate surface area is 103 Å². The lowest BCUT2D eigenvalue weighted by molar-refractivity contribution is -0.159. The zero-order valence-corrected chi connectivity index (χ0v) is 11.2. The Morgan fingerprint density at radius 1 is 1.35 bits per heavy atom. The smallest absolute Gasteiger partial charge is 0.311 e. The summed E-state index contributed by atoms with van der Waals surface area (Å²) in [6.45, 7) is 7.11. The number of esters is 1. The van der Waals surface area contributed by atoms with Crippen LogP contribution in [0.15, 0.2) is 11.6 Å². The van der Waals surface area contributed by atoms with E-state index in [-0.39, 0.29) is 17.9 Å². The summed E-state index contributed by atoms with van der Waals surface area (Å²) in [7, 11) is 0. The molecule has 1 saturated carbocycles. The molecular weight excluding hydrogens is 216 g/mol. The minimum atomic E-state index is -0.456. The van der Waals surface area contributed by atoms with Gasteiger partial charge in [-0.1, -0.05) is 5.57 Å². The van der Waals surface area contributed by atoms with Gasteiger partial charge in [0.15, 0.2) is 5.78 Å². The largest absolute Gasteiger partial charge is 0.462 e. The molecule has 0 heterocycles. The number of carbonyl (C=O) groups is 2. The van der Waals surface area contributed by atoms with Gasteiger partial charge < -0.3 is 4.74 Å². The highest BCUT2D eigenvalue weighted by Gasteiger charge is 2.28. The molecule has 1 rings (SSSR count). The van der Waals surface area contributed by atoms with Gasteiger partial charge in [-0.3, -0.25) is 9.59 Å². The predicted octanol–water partition coefficient (Wildman–Crippen LogP) is 3.03.